The smallest absolute Gasteiger partial charge is 0.159 e. The van der Waals surface area contributed by atoms with Crippen molar-refractivity contribution in [3.63, 3.8) is 0 Å². The van der Waals surface area contributed by atoms with E-state index in [2.05, 4.69) is 399 Å². The first-order valence-electron chi connectivity index (χ1n) is 42.2. The summed E-state index contributed by atoms with van der Waals surface area (Å²) in [5.74, 6) is 1.75. The summed E-state index contributed by atoms with van der Waals surface area (Å²) in [6.07, 6.45) is 21.2. The van der Waals surface area contributed by atoms with Gasteiger partial charge in [-0.15, -0.1) is 0 Å². The number of nitrogens with zero attached hydrogens (tertiary/aromatic N) is 11. The second kappa shape index (κ2) is 26.4. The summed E-state index contributed by atoms with van der Waals surface area (Å²) in [5, 5.41) is 0. The zero-order chi connectivity index (χ0) is 81.7. The van der Waals surface area contributed by atoms with Crippen molar-refractivity contribution in [2.45, 2.75) is 128 Å². The van der Waals surface area contributed by atoms with Gasteiger partial charge in [0, 0.05) is 102 Å². The van der Waals surface area contributed by atoms with Crippen LogP contribution in [-0.2, 0) is 32.5 Å². The molecule has 3 unspecified atom stereocenters. The average molecular weight is 1560 g/mol. The van der Waals surface area contributed by atoms with E-state index in [1.165, 1.54) is 101 Å². The van der Waals surface area contributed by atoms with Gasteiger partial charge >= 0.3 is 0 Å². The molecule has 3 atom stereocenters. The van der Waals surface area contributed by atoms with Crippen molar-refractivity contribution in [1.82, 2.24) is 29.9 Å². The Morgan fingerprint density at radius 1 is 0.242 bits per heavy atom. The lowest BCUT2D eigenvalue weighted by Crippen LogP contribution is -2.49. The number of hydrogen-bond acceptors (Lipinski definition) is 11. The van der Waals surface area contributed by atoms with Gasteiger partial charge in [0.25, 0.3) is 0 Å². The fraction of sp³-hybridized carbons (Fsp3) is 0.193. The molecule has 8 heterocycles. The lowest BCUT2D eigenvalue weighted by atomic mass is 9.64. The first kappa shape index (κ1) is 72.8. The first-order chi connectivity index (χ1) is 58.1. The summed E-state index contributed by atoms with van der Waals surface area (Å²) in [7, 11) is 0. The van der Waals surface area contributed by atoms with Crippen LogP contribution >= 0.6 is 0 Å². The molecule has 0 spiro atoms. The Morgan fingerprint density at radius 2 is 0.542 bits per heavy atom. The molecular weight excluding hydrogens is 1460 g/mol. The minimum absolute atomic E-state index is 0.0677. The minimum atomic E-state index is -0.373. The van der Waals surface area contributed by atoms with Crippen LogP contribution in [0, 0.1) is 5.92 Å². The Kier molecular flexibility index (Phi) is 16.0. The molecule has 584 valence electrons. The second-order valence-corrected chi connectivity index (χ2v) is 36.8. The molecule has 120 heavy (non-hydrogen) atoms. The van der Waals surface area contributed by atoms with Crippen LogP contribution in [0.15, 0.2) is 328 Å². The molecule has 0 saturated carbocycles. The molecule has 2 aliphatic carbocycles. The molecule has 11 heteroatoms. The highest BCUT2D eigenvalue weighted by Crippen LogP contribution is 2.61. The second-order valence-electron chi connectivity index (χ2n) is 36.8. The Labute approximate surface area is 703 Å². The normalized spacial score (nSPS) is 18.7. The van der Waals surface area contributed by atoms with Crippen molar-refractivity contribution in [2.75, 3.05) is 24.5 Å². The molecule has 0 N–H and O–H groups in total. The van der Waals surface area contributed by atoms with Crippen molar-refractivity contribution < 1.29 is 0 Å². The number of aromatic nitrogens is 6. The minimum Gasteiger partial charge on any atom is -0.334 e. The van der Waals surface area contributed by atoms with Gasteiger partial charge < -0.3 is 24.5 Å². The Balaban J connectivity index is 0.654. The van der Waals surface area contributed by atoms with Crippen molar-refractivity contribution in [2.24, 2.45) is 5.92 Å². The van der Waals surface area contributed by atoms with Crippen LogP contribution in [0.4, 0.5) is 79.6 Å². The van der Waals surface area contributed by atoms with E-state index in [9.17, 15) is 0 Å². The van der Waals surface area contributed by atoms with E-state index in [0.29, 0.717) is 17.5 Å². The molecule has 0 radical (unpaired) electrons. The maximum absolute atomic E-state index is 5.40. The van der Waals surface area contributed by atoms with Crippen LogP contribution in [0.5, 0.6) is 0 Å². The van der Waals surface area contributed by atoms with Crippen molar-refractivity contribution in [3.8, 4) is 34.2 Å². The predicted octanol–water partition coefficient (Wildman–Crippen LogP) is 26.9. The van der Waals surface area contributed by atoms with Crippen LogP contribution in [0.3, 0.4) is 0 Å². The highest BCUT2D eigenvalue weighted by atomic mass is 15.2. The molecule has 0 saturated heterocycles. The fourth-order valence-electron chi connectivity index (χ4n) is 21.8. The van der Waals surface area contributed by atoms with Gasteiger partial charge in [-0.05, 0) is 182 Å². The number of fused-ring (bicyclic) bond motifs is 12. The molecule has 3 aromatic heterocycles. The van der Waals surface area contributed by atoms with Crippen LogP contribution < -0.4 is 24.5 Å². The highest BCUT2D eigenvalue weighted by molar-refractivity contribution is 5.94. The van der Waals surface area contributed by atoms with Gasteiger partial charge in [-0.1, -0.05) is 265 Å². The highest BCUT2D eigenvalue weighted by Gasteiger charge is 2.48. The quantitative estimate of drug-likeness (QED) is 0.138. The van der Waals surface area contributed by atoms with Crippen molar-refractivity contribution >= 4 is 79.6 Å². The molecule has 11 nitrogen and oxygen atoms in total. The van der Waals surface area contributed by atoms with E-state index in [0.717, 1.165) is 73.4 Å². The number of hydrogen-bond donors (Lipinski definition) is 0. The first-order valence-corrected chi connectivity index (χ1v) is 42.2. The fourth-order valence-corrected chi connectivity index (χ4v) is 21.8. The van der Waals surface area contributed by atoms with E-state index in [1.54, 1.807) is 0 Å². The van der Waals surface area contributed by atoms with E-state index in [-0.39, 0.29) is 50.4 Å². The number of benzene rings is 12. The summed E-state index contributed by atoms with van der Waals surface area (Å²) in [6.45, 7) is 28.3. The standard InChI is InChI=1S/C109H93N11/c1-104(2)78-32-14-13-31-76(78)100(77-52-49-71(58-87(77)104)116-90-41-23-15-33-79(90)105(3,4)80-34-16-24-42-91(80)116)70-61-110-101(111-62-70)67-55-68(102-112-63-74(64-113-102)119-96-47-29-21-39-85(96)108(9,10)88-59-72(50-53-98(88)119)117-92-43-25-17-35-81(92)106(5,6)82-36-18-26-44-93(82)117)57-69(56-67)103-114-65-75(66-115-103)120-97-48-30-22-40-86(97)109(11,12)89-60-73(51-54-99(89)120)118-94-45-27-19-37-83(94)107(7,8)84-38-20-28-46-95(84)118/h13-66,81,92,100H,1-12H3. The zero-order valence-electron chi connectivity index (χ0n) is 69.8. The topological polar surface area (TPSA) is 93.5 Å². The molecule has 22 rings (SSSR count). The molecule has 0 bridgehead atoms. The third-order valence-corrected chi connectivity index (χ3v) is 28.1. The van der Waals surface area contributed by atoms with Gasteiger partial charge in [0.05, 0.1) is 87.7 Å². The van der Waals surface area contributed by atoms with E-state index < -0.39 is 0 Å². The van der Waals surface area contributed by atoms with Crippen molar-refractivity contribution in [3.05, 3.63) is 406 Å². The van der Waals surface area contributed by atoms with E-state index in [4.69, 9.17) is 29.9 Å². The molecule has 0 amide bonds. The van der Waals surface area contributed by atoms with Gasteiger partial charge in [-0.25, -0.2) is 29.9 Å². The lowest BCUT2D eigenvalue weighted by Gasteiger charge is -2.51. The molecule has 7 aliphatic rings. The maximum Gasteiger partial charge on any atom is 0.159 e. The predicted molar refractivity (Wildman–Crippen MR) is 490 cm³/mol. The van der Waals surface area contributed by atoms with E-state index in [1.807, 2.05) is 37.2 Å². The van der Waals surface area contributed by atoms with Crippen LogP contribution in [0.25, 0.3) is 34.2 Å². The zero-order valence-corrected chi connectivity index (χ0v) is 69.8. The number of anilines is 14. The SMILES string of the molecule is CC1(C)c2ccccc2C(c2cnc(-c3cc(-c4ncc(N5c6ccccc6C(C)(C)c6cc(N7c8ccccc8C(C)(C)c8ccccc87)ccc65)cn4)cc(-c4ncc(N5c6ccccc6C(C)(C)c6cc(N7c8ccccc8C(C)(C)C8C=CC=CC87)ccc65)cn4)c3)nc2)c2ccc(N3c4ccccc4C(C)(C)c4ccccc43)cc21. The molecule has 12 aromatic carbocycles. The van der Waals surface area contributed by atoms with Crippen molar-refractivity contribution in [1.29, 1.82) is 0 Å². The molecular formula is C109H93N11. The number of rotatable bonds is 9. The van der Waals surface area contributed by atoms with Gasteiger partial charge in [0.15, 0.2) is 17.5 Å². The Hall–Kier alpha value is -13.6. The van der Waals surface area contributed by atoms with Crippen LogP contribution in [0.1, 0.15) is 167 Å². The number of para-hydroxylation sites is 7. The third-order valence-electron chi connectivity index (χ3n) is 28.1. The Bertz CT molecular complexity index is 6420. The van der Waals surface area contributed by atoms with Crippen LogP contribution in [0.2, 0.25) is 0 Å². The summed E-state index contributed by atoms with van der Waals surface area (Å²) in [5.41, 5.74) is 33.7. The largest absolute Gasteiger partial charge is 0.334 e. The summed E-state index contributed by atoms with van der Waals surface area (Å²) < 4.78 is 0. The third kappa shape index (κ3) is 10.7. The molecule has 0 fully saturated rings. The molecule has 5 aliphatic heterocycles. The maximum atomic E-state index is 5.40. The van der Waals surface area contributed by atoms with Gasteiger partial charge in [0.2, 0.25) is 0 Å². The van der Waals surface area contributed by atoms with Gasteiger partial charge in [-0.2, -0.15) is 0 Å². The van der Waals surface area contributed by atoms with Crippen LogP contribution in [-0.4, -0.2) is 35.9 Å². The summed E-state index contributed by atoms with van der Waals surface area (Å²) >= 11 is 0. The average Bonchev–Trinajstić information content (AvgIpc) is 0.720. The monoisotopic (exact) mass is 1560 g/mol. The van der Waals surface area contributed by atoms with Gasteiger partial charge in [-0.3, -0.25) is 0 Å². The summed E-state index contributed by atoms with van der Waals surface area (Å²) in [6, 6.07) is 98.8. The van der Waals surface area contributed by atoms with Gasteiger partial charge in [0.1, 0.15) is 0 Å². The summed E-state index contributed by atoms with van der Waals surface area (Å²) in [4.78, 5) is 44.4. The molecule has 15 aromatic rings. The lowest BCUT2D eigenvalue weighted by molar-refractivity contribution is 0.332. The number of allylic oxidation sites excluding steroid dienone is 2. The Morgan fingerprint density at radius 3 is 0.975 bits per heavy atom. The van der Waals surface area contributed by atoms with E-state index >= 15 is 0 Å².